The van der Waals surface area contributed by atoms with Gasteiger partial charge in [0, 0.05) is 55.5 Å². The molecule has 1 N–H and O–H groups in total. The van der Waals surface area contributed by atoms with Crippen LogP contribution in [-0.4, -0.2) is 62.3 Å². The molecule has 3 aliphatic rings. The standard InChI is InChI=1S/C23H24Cl2N4O2.C11H9ClN2O2/c24-15-5-7-16(8-6-15)27-13-17-9-10-18(14-27)28(17)11-2-12-29-22(30)19-3-1-4-20(25)21(19)26-23(29)31;12-8-4-1-3-7-9(8)13-11-14(10(7)15)5-2-6-16-11/h1,3-8,17-18H,2,9-14H2,(H,26,31);1,3-4H,2,5-6H2. The highest BCUT2D eigenvalue weighted by molar-refractivity contribution is 6.35. The number of aromatic amines is 1. The minimum Gasteiger partial charge on any atom is -0.465 e. The molecule has 2 bridgehead atoms. The first-order chi connectivity index (χ1) is 22.8. The lowest BCUT2D eigenvalue weighted by molar-refractivity contribution is 0.164. The lowest BCUT2D eigenvalue weighted by atomic mass is 10.1. The van der Waals surface area contributed by atoms with Gasteiger partial charge in [0.2, 0.25) is 0 Å². The van der Waals surface area contributed by atoms with Crippen LogP contribution in [0.4, 0.5) is 5.69 Å². The number of aromatic nitrogens is 4. The predicted molar refractivity (Wildman–Crippen MR) is 187 cm³/mol. The van der Waals surface area contributed by atoms with Crippen LogP contribution in [0.15, 0.2) is 75.0 Å². The number of fused-ring (bicyclic) bond motifs is 5. The van der Waals surface area contributed by atoms with Crippen LogP contribution < -0.4 is 26.4 Å². The number of H-pyrrole nitrogens is 1. The summed E-state index contributed by atoms with van der Waals surface area (Å²) in [7, 11) is 0. The number of hydrogen-bond donors (Lipinski definition) is 1. The average Bonchev–Trinajstić information content (AvgIpc) is 3.30. The van der Waals surface area contributed by atoms with Gasteiger partial charge in [0.05, 0.1) is 32.9 Å². The summed E-state index contributed by atoms with van der Waals surface area (Å²) in [6, 6.07) is 19.7. The Labute approximate surface area is 285 Å². The molecular weight excluding hydrogens is 663 g/mol. The number of nitrogens with one attached hydrogen (secondary N) is 1. The largest absolute Gasteiger partial charge is 0.465 e. The smallest absolute Gasteiger partial charge is 0.328 e. The van der Waals surface area contributed by atoms with E-state index in [1.165, 1.54) is 23.1 Å². The van der Waals surface area contributed by atoms with Crippen molar-refractivity contribution < 1.29 is 4.74 Å². The van der Waals surface area contributed by atoms with Crippen molar-refractivity contribution in [2.24, 2.45) is 0 Å². The maximum absolute atomic E-state index is 12.8. The van der Waals surface area contributed by atoms with E-state index in [-0.39, 0.29) is 11.1 Å². The maximum atomic E-state index is 12.8. The molecule has 2 atom stereocenters. The fraction of sp³-hybridized carbons (Fsp3) is 0.353. The van der Waals surface area contributed by atoms with Crippen molar-refractivity contribution >= 4 is 62.3 Å². The van der Waals surface area contributed by atoms with Gasteiger partial charge in [-0.2, -0.15) is 4.98 Å². The molecular formula is C34H33Cl3N6O4. The van der Waals surface area contributed by atoms with Gasteiger partial charge in [-0.1, -0.05) is 46.9 Å². The molecule has 2 fully saturated rings. The normalized spacial score (nSPS) is 18.9. The van der Waals surface area contributed by atoms with Crippen molar-refractivity contribution in [3.8, 4) is 6.01 Å². The van der Waals surface area contributed by atoms with Crippen molar-refractivity contribution in [3.05, 3.63) is 107 Å². The average molecular weight is 696 g/mol. The topological polar surface area (TPSA) is 105 Å². The molecule has 3 aliphatic heterocycles. The van der Waals surface area contributed by atoms with Crippen molar-refractivity contribution in [1.82, 2.24) is 24.0 Å². The number of para-hydroxylation sites is 2. The summed E-state index contributed by atoms with van der Waals surface area (Å²) in [6.45, 7) is 4.52. The van der Waals surface area contributed by atoms with Crippen LogP contribution in [0.1, 0.15) is 25.7 Å². The third-order valence-corrected chi connectivity index (χ3v) is 10.1. The SMILES string of the molecule is O=c1[nH]c2c(Cl)cccc2c(=O)n1CCCN1C2CCC1CN(c1ccc(Cl)cc1)C2.O=c1c2cccc(Cl)c2nc2n1CCCO2. The Morgan fingerprint density at radius 3 is 2.28 bits per heavy atom. The van der Waals surface area contributed by atoms with Gasteiger partial charge in [0.25, 0.3) is 17.1 Å². The van der Waals surface area contributed by atoms with E-state index in [9.17, 15) is 14.4 Å². The molecule has 5 heterocycles. The zero-order valence-electron chi connectivity index (χ0n) is 25.5. The Kier molecular flexibility index (Phi) is 9.02. The molecule has 2 saturated heterocycles. The Morgan fingerprint density at radius 2 is 1.53 bits per heavy atom. The molecule has 244 valence electrons. The lowest BCUT2D eigenvalue weighted by Gasteiger charge is -2.42. The number of piperazine rings is 1. The van der Waals surface area contributed by atoms with Crippen LogP contribution in [0.25, 0.3) is 21.8 Å². The number of rotatable bonds is 5. The van der Waals surface area contributed by atoms with E-state index in [2.05, 4.69) is 31.9 Å². The van der Waals surface area contributed by atoms with Gasteiger partial charge >= 0.3 is 5.69 Å². The predicted octanol–water partition coefficient (Wildman–Crippen LogP) is 5.57. The molecule has 3 aromatic carbocycles. The van der Waals surface area contributed by atoms with Crippen LogP contribution in [0.5, 0.6) is 6.01 Å². The van der Waals surface area contributed by atoms with E-state index in [4.69, 9.17) is 39.5 Å². The quantitative estimate of drug-likeness (QED) is 0.256. The Bertz CT molecular complexity index is 2120. The molecule has 0 radical (unpaired) electrons. The molecule has 0 spiro atoms. The van der Waals surface area contributed by atoms with E-state index in [0.717, 1.165) is 37.5 Å². The molecule has 8 rings (SSSR count). The van der Waals surface area contributed by atoms with Crippen molar-refractivity contribution in [1.29, 1.82) is 0 Å². The molecule has 0 amide bonds. The van der Waals surface area contributed by atoms with Gasteiger partial charge in [-0.25, -0.2) is 4.79 Å². The van der Waals surface area contributed by atoms with Crippen molar-refractivity contribution in [2.45, 2.75) is 50.9 Å². The summed E-state index contributed by atoms with van der Waals surface area (Å²) in [4.78, 5) is 49.4. The molecule has 0 aliphatic carbocycles. The van der Waals surface area contributed by atoms with E-state index >= 15 is 0 Å². The van der Waals surface area contributed by atoms with E-state index in [1.54, 1.807) is 41.0 Å². The second kappa shape index (κ2) is 13.4. The van der Waals surface area contributed by atoms with Gasteiger partial charge in [0.15, 0.2) is 0 Å². The second-order valence-corrected chi connectivity index (χ2v) is 13.3. The first-order valence-electron chi connectivity index (χ1n) is 15.8. The van der Waals surface area contributed by atoms with Gasteiger partial charge < -0.3 is 14.6 Å². The Balaban J connectivity index is 0.000000183. The van der Waals surface area contributed by atoms with Crippen molar-refractivity contribution in [2.75, 3.05) is 31.1 Å². The Hall–Kier alpha value is -3.83. The highest BCUT2D eigenvalue weighted by Crippen LogP contribution is 2.33. The van der Waals surface area contributed by atoms with Gasteiger partial charge in [-0.15, -0.1) is 0 Å². The van der Waals surface area contributed by atoms with Crippen LogP contribution in [0.2, 0.25) is 15.1 Å². The van der Waals surface area contributed by atoms with E-state index in [0.29, 0.717) is 69.6 Å². The zero-order valence-corrected chi connectivity index (χ0v) is 27.8. The molecule has 2 aromatic heterocycles. The fourth-order valence-electron chi connectivity index (χ4n) is 6.96. The number of halogens is 3. The van der Waals surface area contributed by atoms with Crippen LogP contribution in [-0.2, 0) is 13.1 Å². The number of hydrogen-bond acceptors (Lipinski definition) is 7. The van der Waals surface area contributed by atoms with Crippen LogP contribution >= 0.6 is 34.8 Å². The first-order valence-corrected chi connectivity index (χ1v) is 16.9. The Morgan fingerprint density at radius 1 is 0.830 bits per heavy atom. The number of nitrogens with zero attached hydrogens (tertiary/aromatic N) is 5. The summed E-state index contributed by atoms with van der Waals surface area (Å²) in [5.74, 6) is 0. The first kappa shape index (κ1) is 31.8. The molecule has 10 nitrogen and oxygen atoms in total. The summed E-state index contributed by atoms with van der Waals surface area (Å²) in [5.41, 5.74) is 1.38. The minimum atomic E-state index is -0.402. The second-order valence-electron chi connectivity index (χ2n) is 12.1. The van der Waals surface area contributed by atoms with Gasteiger partial charge in [-0.3, -0.25) is 23.6 Å². The number of anilines is 1. The monoisotopic (exact) mass is 694 g/mol. The number of ether oxygens (including phenoxy) is 1. The summed E-state index contributed by atoms with van der Waals surface area (Å²) in [5, 5.41) is 2.61. The highest BCUT2D eigenvalue weighted by atomic mass is 35.5. The molecule has 0 saturated carbocycles. The van der Waals surface area contributed by atoms with Gasteiger partial charge in [0.1, 0.15) is 5.52 Å². The fourth-order valence-corrected chi connectivity index (χ4v) is 7.52. The van der Waals surface area contributed by atoms with Crippen molar-refractivity contribution in [3.63, 3.8) is 0 Å². The third kappa shape index (κ3) is 6.27. The number of benzene rings is 3. The lowest BCUT2D eigenvalue weighted by Crippen LogP contribution is -2.54. The summed E-state index contributed by atoms with van der Waals surface area (Å²) in [6.07, 6.45) is 3.96. The third-order valence-electron chi connectivity index (χ3n) is 9.25. The maximum Gasteiger partial charge on any atom is 0.328 e. The molecule has 47 heavy (non-hydrogen) atoms. The van der Waals surface area contributed by atoms with Crippen LogP contribution in [0, 0.1) is 0 Å². The minimum absolute atomic E-state index is 0.0813. The highest BCUT2D eigenvalue weighted by Gasteiger charge is 2.39. The zero-order chi connectivity index (χ0) is 32.7. The van der Waals surface area contributed by atoms with Crippen LogP contribution in [0.3, 0.4) is 0 Å². The van der Waals surface area contributed by atoms with E-state index in [1.807, 2.05) is 12.1 Å². The molecule has 13 heteroatoms. The summed E-state index contributed by atoms with van der Waals surface area (Å²) >= 11 is 18.2. The molecule has 2 unspecified atom stereocenters. The van der Waals surface area contributed by atoms with Gasteiger partial charge in [-0.05, 0) is 74.2 Å². The molecule has 5 aromatic rings. The summed E-state index contributed by atoms with van der Waals surface area (Å²) < 4.78 is 8.21. The van der Waals surface area contributed by atoms with E-state index < -0.39 is 5.69 Å².